The summed E-state index contributed by atoms with van der Waals surface area (Å²) in [5, 5.41) is 61.9. The van der Waals surface area contributed by atoms with Crippen LogP contribution in [0.5, 0.6) is 0 Å². The van der Waals surface area contributed by atoms with Crippen LogP contribution in [0.15, 0.2) is 12.7 Å². The summed E-state index contributed by atoms with van der Waals surface area (Å²) in [5.74, 6) is 0.245. The van der Waals surface area contributed by atoms with Gasteiger partial charge in [-0.05, 0) is 75.0 Å². The standard InChI is InChI=1S/C26H46O8/c1-6-24(3,31)12-8-18-25(4)11-7-10-23(2,17(25)9-13-26(18,5)32)15-33-22-21(30)20(29)19(28)16(14-27)34-22/h6,16-22,27-32H,1,7-15H2,2-5H3/t16-,17-,18+,19-,20+,21-,22-,23+,24-,25-,26-/m1/s1. The molecule has 0 radical (unpaired) electrons. The molecule has 0 amide bonds. The van der Waals surface area contributed by atoms with Crippen molar-refractivity contribution in [1.82, 2.24) is 0 Å². The first-order chi connectivity index (χ1) is 15.7. The number of aliphatic hydroxyl groups excluding tert-OH is 4. The minimum atomic E-state index is -1.47. The Labute approximate surface area is 203 Å². The van der Waals surface area contributed by atoms with Gasteiger partial charge in [0.25, 0.3) is 0 Å². The Morgan fingerprint density at radius 1 is 1.09 bits per heavy atom. The predicted octanol–water partition coefficient (Wildman–Crippen LogP) is 1.49. The molecule has 11 atom stereocenters. The van der Waals surface area contributed by atoms with Crippen molar-refractivity contribution in [1.29, 1.82) is 0 Å². The molecule has 2 aliphatic carbocycles. The molecule has 6 N–H and O–H groups in total. The number of fused-ring (bicyclic) bond motifs is 1. The second-order valence-electron chi connectivity index (χ2n) is 12.1. The lowest BCUT2D eigenvalue weighted by atomic mass is 9.44. The normalized spacial score (nSPS) is 49.2. The molecule has 0 spiro atoms. The van der Waals surface area contributed by atoms with Crippen molar-refractivity contribution in [2.45, 2.75) is 115 Å². The number of hydrogen-bond donors (Lipinski definition) is 6. The molecule has 198 valence electrons. The molecular formula is C26H46O8. The topological polar surface area (TPSA) is 140 Å². The molecule has 2 saturated carbocycles. The van der Waals surface area contributed by atoms with Gasteiger partial charge in [-0.2, -0.15) is 0 Å². The van der Waals surface area contributed by atoms with Gasteiger partial charge in [-0.25, -0.2) is 0 Å². The van der Waals surface area contributed by atoms with Crippen LogP contribution in [0.1, 0.15) is 72.6 Å². The summed E-state index contributed by atoms with van der Waals surface area (Å²) in [4.78, 5) is 0. The van der Waals surface area contributed by atoms with Crippen LogP contribution in [0.3, 0.4) is 0 Å². The van der Waals surface area contributed by atoms with E-state index in [0.717, 1.165) is 25.7 Å². The average molecular weight is 487 g/mol. The van der Waals surface area contributed by atoms with E-state index < -0.39 is 48.5 Å². The van der Waals surface area contributed by atoms with E-state index in [1.807, 2.05) is 6.92 Å². The molecule has 0 bridgehead atoms. The van der Waals surface area contributed by atoms with Gasteiger partial charge < -0.3 is 40.1 Å². The molecule has 1 saturated heterocycles. The maximum atomic E-state index is 11.4. The lowest BCUT2D eigenvalue weighted by Crippen LogP contribution is -2.61. The summed E-state index contributed by atoms with van der Waals surface area (Å²) in [7, 11) is 0. The van der Waals surface area contributed by atoms with Gasteiger partial charge in [0.1, 0.15) is 24.4 Å². The Balaban J connectivity index is 1.78. The number of aliphatic hydroxyl groups is 6. The molecule has 0 unspecified atom stereocenters. The largest absolute Gasteiger partial charge is 0.394 e. The van der Waals surface area contributed by atoms with E-state index in [0.29, 0.717) is 19.3 Å². The molecule has 0 aromatic heterocycles. The van der Waals surface area contributed by atoms with Crippen LogP contribution in [0.25, 0.3) is 0 Å². The zero-order chi connectivity index (χ0) is 25.5. The zero-order valence-corrected chi connectivity index (χ0v) is 21.2. The minimum Gasteiger partial charge on any atom is -0.394 e. The summed E-state index contributed by atoms with van der Waals surface area (Å²) >= 11 is 0. The van der Waals surface area contributed by atoms with Gasteiger partial charge in [0, 0.05) is 0 Å². The average Bonchev–Trinajstić information content (AvgIpc) is 2.76. The first-order valence-corrected chi connectivity index (χ1v) is 12.7. The van der Waals surface area contributed by atoms with E-state index in [4.69, 9.17) is 9.47 Å². The van der Waals surface area contributed by atoms with Crippen LogP contribution in [0, 0.1) is 22.7 Å². The first kappa shape index (κ1) is 28.0. The Bertz CT molecular complexity index is 709. The van der Waals surface area contributed by atoms with Crippen LogP contribution < -0.4 is 0 Å². The van der Waals surface area contributed by atoms with E-state index >= 15 is 0 Å². The lowest BCUT2D eigenvalue weighted by Gasteiger charge is -2.62. The fraction of sp³-hybridized carbons (Fsp3) is 0.923. The van der Waals surface area contributed by atoms with Gasteiger partial charge in [-0.3, -0.25) is 0 Å². The first-order valence-electron chi connectivity index (χ1n) is 12.7. The van der Waals surface area contributed by atoms with Crippen molar-refractivity contribution < 1.29 is 40.1 Å². The highest BCUT2D eigenvalue weighted by atomic mass is 16.7. The maximum Gasteiger partial charge on any atom is 0.186 e. The molecular weight excluding hydrogens is 440 g/mol. The molecule has 8 heteroatoms. The molecule has 34 heavy (non-hydrogen) atoms. The molecule has 0 aromatic carbocycles. The van der Waals surface area contributed by atoms with Crippen molar-refractivity contribution in [2.24, 2.45) is 22.7 Å². The highest BCUT2D eigenvalue weighted by molar-refractivity contribution is 5.09. The Kier molecular flexibility index (Phi) is 8.28. The highest BCUT2D eigenvalue weighted by Gasteiger charge is 2.59. The third-order valence-corrected chi connectivity index (χ3v) is 9.39. The molecule has 3 fully saturated rings. The molecule has 1 aliphatic heterocycles. The van der Waals surface area contributed by atoms with Crippen molar-refractivity contribution in [3.63, 3.8) is 0 Å². The van der Waals surface area contributed by atoms with E-state index in [1.54, 1.807) is 13.0 Å². The fourth-order valence-electron chi connectivity index (χ4n) is 7.26. The maximum absolute atomic E-state index is 11.4. The molecule has 1 heterocycles. The summed E-state index contributed by atoms with van der Waals surface area (Å²) < 4.78 is 11.6. The van der Waals surface area contributed by atoms with Crippen LogP contribution >= 0.6 is 0 Å². The Morgan fingerprint density at radius 2 is 1.76 bits per heavy atom. The van der Waals surface area contributed by atoms with Crippen LogP contribution in [0.4, 0.5) is 0 Å². The van der Waals surface area contributed by atoms with E-state index in [1.165, 1.54) is 0 Å². The smallest absolute Gasteiger partial charge is 0.186 e. The van der Waals surface area contributed by atoms with Gasteiger partial charge in [0.05, 0.1) is 24.4 Å². The van der Waals surface area contributed by atoms with E-state index in [-0.39, 0.29) is 29.3 Å². The Hall–Kier alpha value is -0.580. The van der Waals surface area contributed by atoms with E-state index in [2.05, 4.69) is 20.4 Å². The lowest BCUT2D eigenvalue weighted by molar-refractivity contribution is -0.310. The highest BCUT2D eigenvalue weighted by Crippen LogP contribution is 2.63. The zero-order valence-electron chi connectivity index (χ0n) is 21.2. The van der Waals surface area contributed by atoms with Gasteiger partial charge in [-0.1, -0.05) is 26.3 Å². The van der Waals surface area contributed by atoms with Crippen molar-refractivity contribution in [3.05, 3.63) is 12.7 Å². The third kappa shape index (κ3) is 5.25. The monoisotopic (exact) mass is 486 g/mol. The van der Waals surface area contributed by atoms with Gasteiger partial charge in [-0.15, -0.1) is 6.58 Å². The second-order valence-corrected chi connectivity index (χ2v) is 12.1. The van der Waals surface area contributed by atoms with Gasteiger partial charge in [0.15, 0.2) is 6.29 Å². The van der Waals surface area contributed by atoms with Crippen molar-refractivity contribution in [2.75, 3.05) is 13.2 Å². The summed E-state index contributed by atoms with van der Waals surface area (Å²) in [6.45, 7) is 11.6. The van der Waals surface area contributed by atoms with Gasteiger partial charge in [0.2, 0.25) is 0 Å². The summed E-state index contributed by atoms with van der Waals surface area (Å²) in [5.41, 5.74) is -2.23. The van der Waals surface area contributed by atoms with Crippen LogP contribution in [-0.4, -0.2) is 85.8 Å². The second kappa shape index (κ2) is 10.1. The number of rotatable bonds is 8. The quantitative estimate of drug-likeness (QED) is 0.284. The fourth-order valence-corrected chi connectivity index (χ4v) is 7.26. The van der Waals surface area contributed by atoms with Crippen LogP contribution in [-0.2, 0) is 9.47 Å². The predicted molar refractivity (Wildman–Crippen MR) is 127 cm³/mol. The number of ether oxygens (including phenoxy) is 2. The van der Waals surface area contributed by atoms with Crippen LogP contribution in [0.2, 0.25) is 0 Å². The number of hydrogen-bond acceptors (Lipinski definition) is 8. The minimum absolute atomic E-state index is 0.00272. The summed E-state index contributed by atoms with van der Waals surface area (Å²) in [6.07, 6.45) is 0.679. The molecule has 3 rings (SSSR count). The third-order valence-electron chi connectivity index (χ3n) is 9.39. The molecule has 3 aliphatic rings. The Morgan fingerprint density at radius 3 is 2.38 bits per heavy atom. The van der Waals surface area contributed by atoms with Gasteiger partial charge >= 0.3 is 0 Å². The SMILES string of the molecule is C=C[C@@](C)(O)CC[C@H]1[C@]2(C)CCC[C@@](C)(CO[C@@H]3O[C@H](CO)[C@@H](O)[C@H](O)[C@H]3O)[C@H]2CC[C@@]1(C)O. The molecule has 0 aromatic rings. The summed E-state index contributed by atoms with van der Waals surface area (Å²) in [6, 6.07) is 0. The van der Waals surface area contributed by atoms with Crippen molar-refractivity contribution in [3.8, 4) is 0 Å². The molecule has 8 nitrogen and oxygen atoms in total. The van der Waals surface area contributed by atoms with E-state index in [9.17, 15) is 30.6 Å². The van der Waals surface area contributed by atoms with Crippen molar-refractivity contribution >= 4 is 0 Å².